The van der Waals surface area contributed by atoms with Gasteiger partial charge in [0.15, 0.2) is 0 Å². The molecule has 0 bridgehead atoms. The van der Waals surface area contributed by atoms with E-state index in [1.165, 1.54) is 0 Å². The van der Waals surface area contributed by atoms with Crippen molar-refractivity contribution in [3.05, 3.63) is 83.7 Å². The molecule has 136 valence electrons. The fourth-order valence-electron chi connectivity index (χ4n) is 3.30. The standard InChI is InChI=1S/C21H20N4O2/c26-20-12-18(17-4-1-2-5-19(17)24-20)21(27)22-13-15-6-8-16(9-7-15)14-25-11-3-10-23-25/h1-11,18H,12-14H2,(H,22,27)(H,24,26)/t18-/m1/s1. The third kappa shape index (κ3) is 3.89. The maximum Gasteiger partial charge on any atom is 0.228 e. The number of carbonyl (C=O) groups excluding carboxylic acids is 2. The van der Waals surface area contributed by atoms with E-state index in [9.17, 15) is 9.59 Å². The molecule has 2 amide bonds. The number of rotatable bonds is 5. The molecule has 1 aliphatic rings. The molecule has 0 saturated carbocycles. The summed E-state index contributed by atoms with van der Waals surface area (Å²) in [4.78, 5) is 24.5. The average molecular weight is 360 g/mol. The highest BCUT2D eigenvalue weighted by atomic mass is 16.2. The highest BCUT2D eigenvalue weighted by Gasteiger charge is 2.30. The van der Waals surface area contributed by atoms with Crippen LogP contribution >= 0.6 is 0 Å². The number of nitrogens with one attached hydrogen (secondary N) is 2. The fraction of sp³-hybridized carbons (Fsp3) is 0.190. The first-order valence-corrected chi connectivity index (χ1v) is 8.91. The molecule has 1 aromatic heterocycles. The van der Waals surface area contributed by atoms with Gasteiger partial charge in [0, 0.05) is 31.0 Å². The number of hydrogen-bond donors (Lipinski definition) is 2. The van der Waals surface area contributed by atoms with Gasteiger partial charge in [0.1, 0.15) is 0 Å². The minimum Gasteiger partial charge on any atom is -0.351 e. The van der Waals surface area contributed by atoms with Crippen molar-refractivity contribution < 1.29 is 9.59 Å². The zero-order valence-electron chi connectivity index (χ0n) is 14.8. The summed E-state index contributed by atoms with van der Waals surface area (Å²) in [6.07, 6.45) is 3.85. The second-order valence-corrected chi connectivity index (χ2v) is 6.63. The number of aromatic nitrogens is 2. The van der Waals surface area contributed by atoms with E-state index in [0.29, 0.717) is 13.1 Å². The van der Waals surface area contributed by atoms with Gasteiger partial charge in [0.2, 0.25) is 11.8 Å². The van der Waals surface area contributed by atoms with Gasteiger partial charge in [-0.05, 0) is 28.8 Å². The average Bonchev–Trinajstić information content (AvgIpc) is 3.19. The SMILES string of the molecule is O=C1C[C@@H](C(=O)NCc2ccc(Cn3cccn3)cc2)c2ccccc2N1. The van der Waals surface area contributed by atoms with Crippen LogP contribution in [0.1, 0.15) is 29.0 Å². The Labute approximate surface area is 157 Å². The number of para-hydroxylation sites is 1. The first-order chi connectivity index (χ1) is 13.2. The summed E-state index contributed by atoms with van der Waals surface area (Å²) in [5, 5.41) is 9.97. The molecule has 0 fully saturated rings. The van der Waals surface area contributed by atoms with Crippen molar-refractivity contribution in [1.82, 2.24) is 15.1 Å². The highest BCUT2D eigenvalue weighted by molar-refractivity contribution is 6.01. The normalized spacial score (nSPS) is 15.7. The lowest BCUT2D eigenvalue weighted by atomic mass is 9.90. The Bertz CT molecular complexity index is 949. The van der Waals surface area contributed by atoms with Crippen LogP contribution in [0, 0.1) is 0 Å². The van der Waals surface area contributed by atoms with Crippen LogP contribution in [0.5, 0.6) is 0 Å². The van der Waals surface area contributed by atoms with Gasteiger partial charge >= 0.3 is 0 Å². The molecule has 27 heavy (non-hydrogen) atoms. The van der Waals surface area contributed by atoms with E-state index in [0.717, 1.165) is 22.4 Å². The van der Waals surface area contributed by atoms with Crippen molar-refractivity contribution in [2.75, 3.05) is 5.32 Å². The molecule has 6 nitrogen and oxygen atoms in total. The van der Waals surface area contributed by atoms with Crippen molar-refractivity contribution >= 4 is 17.5 Å². The van der Waals surface area contributed by atoms with Gasteiger partial charge in [-0.2, -0.15) is 5.10 Å². The largest absolute Gasteiger partial charge is 0.351 e. The zero-order valence-corrected chi connectivity index (χ0v) is 14.8. The van der Waals surface area contributed by atoms with Gasteiger partial charge in [0.25, 0.3) is 0 Å². The lowest BCUT2D eigenvalue weighted by molar-refractivity contribution is -0.126. The zero-order chi connectivity index (χ0) is 18.6. The lowest BCUT2D eigenvalue weighted by Crippen LogP contribution is -2.34. The summed E-state index contributed by atoms with van der Waals surface area (Å²) in [6, 6.07) is 17.4. The predicted molar refractivity (Wildman–Crippen MR) is 102 cm³/mol. The van der Waals surface area contributed by atoms with Gasteiger partial charge in [0.05, 0.1) is 12.5 Å². The summed E-state index contributed by atoms with van der Waals surface area (Å²) < 4.78 is 1.86. The molecular weight excluding hydrogens is 340 g/mol. The van der Waals surface area contributed by atoms with Gasteiger partial charge in [-0.3, -0.25) is 14.3 Å². The monoisotopic (exact) mass is 360 g/mol. The molecule has 1 atom stereocenters. The molecule has 1 aliphatic heterocycles. The number of carbonyl (C=O) groups is 2. The Morgan fingerprint density at radius 2 is 1.89 bits per heavy atom. The molecule has 3 aromatic rings. The quantitative estimate of drug-likeness (QED) is 0.734. The van der Waals surface area contributed by atoms with Gasteiger partial charge in [-0.15, -0.1) is 0 Å². The van der Waals surface area contributed by atoms with E-state index >= 15 is 0 Å². The van der Waals surface area contributed by atoms with E-state index in [1.54, 1.807) is 6.20 Å². The number of anilines is 1. The van der Waals surface area contributed by atoms with Crippen LogP contribution in [0.4, 0.5) is 5.69 Å². The summed E-state index contributed by atoms with van der Waals surface area (Å²) in [6.45, 7) is 1.15. The minimum absolute atomic E-state index is 0.127. The van der Waals surface area contributed by atoms with Crippen molar-refractivity contribution in [2.24, 2.45) is 0 Å². The van der Waals surface area contributed by atoms with Crippen LogP contribution in [0.3, 0.4) is 0 Å². The smallest absolute Gasteiger partial charge is 0.228 e. The predicted octanol–water partition coefficient (Wildman–Crippen LogP) is 2.67. The molecule has 0 saturated heterocycles. The van der Waals surface area contributed by atoms with Crippen molar-refractivity contribution in [3.63, 3.8) is 0 Å². The summed E-state index contributed by atoms with van der Waals surface area (Å²) >= 11 is 0. The topological polar surface area (TPSA) is 76.0 Å². The third-order valence-corrected chi connectivity index (χ3v) is 4.71. The number of fused-ring (bicyclic) bond motifs is 1. The first kappa shape index (κ1) is 17.0. The Hall–Kier alpha value is -3.41. The summed E-state index contributed by atoms with van der Waals surface area (Å²) in [5.74, 6) is -0.705. The molecule has 0 radical (unpaired) electrons. The number of benzene rings is 2. The van der Waals surface area contributed by atoms with Crippen LogP contribution in [-0.4, -0.2) is 21.6 Å². The van der Waals surface area contributed by atoms with E-state index in [4.69, 9.17) is 0 Å². The Morgan fingerprint density at radius 3 is 2.67 bits per heavy atom. The Kier molecular flexibility index (Phi) is 4.70. The maximum atomic E-state index is 12.7. The van der Waals surface area contributed by atoms with E-state index in [-0.39, 0.29) is 18.2 Å². The fourth-order valence-corrected chi connectivity index (χ4v) is 3.30. The Balaban J connectivity index is 1.39. The van der Waals surface area contributed by atoms with Gasteiger partial charge < -0.3 is 10.6 Å². The molecular formula is C21H20N4O2. The summed E-state index contributed by atoms with van der Waals surface area (Å²) in [5.41, 5.74) is 3.74. The maximum absolute atomic E-state index is 12.7. The molecule has 0 spiro atoms. The minimum atomic E-state index is -0.450. The van der Waals surface area contributed by atoms with Crippen molar-refractivity contribution in [3.8, 4) is 0 Å². The van der Waals surface area contributed by atoms with Crippen LogP contribution in [-0.2, 0) is 22.7 Å². The highest BCUT2D eigenvalue weighted by Crippen LogP contribution is 2.32. The number of hydrogen-bond acceptors (Lipinski definition) is 3. The van der Waals surface area contributed by atoms with Gasteiger partial charge in [-0.25, -0.2) is 0 Å². The molecule has 6 heteroatoms. The molecule has 2 heterocycles. The van der Waals surface area contributed by atoms with Crippen LogP contribution in [0.2, 0.25) is 0 Å². The molecule has 0 aliphatic carbocycles. The van der Waals surface area contributed by atoms with E-state index < -0.39 is 5.92 Å². The first-order valence-electron chi connectivity index (χ1n) is 8.91. The molecule has 4 rings (SSSR count). The molecule has 2 aromatic carbocycles. The third-order valence-electron chi connectivity index (χ3n) is 4.71. The lowest BCUT2D eigenvalue weighted by Gasteiger charge is -2.24. The van der Waals surface area contributed by atoms with E-state index in [1.807, 2.05) is 65.5 Å². The van der Waals surface area contributed by atoms with E-state index in [2.05, 4.69) is 15.7 Å². The van der Waals surface area contributed by atoms with Crippen LogP contribution in [0.15, 0.2) is 67.0 Å². The summed E-state index contributed by atoms with van der Waals surface area (Å²) in [7, 11) is 0. The second-order valence-electron chi connectivity index (χ2n) is 6.63. The molecule has 2 N–H and O–H groups in total. The van der Waals surface area contributed by atoms with Crippen LogP contribution < -0.4 is 10.6 Å². The molecule has 0 unspecified atom stereocenters. The second kappa shape index (κ2) is 7.45. The van der Waals surface area contributed by atoms with Crippen molar-refractivity contribution in [1.29, 1.82) is 0 Å². The van der Waals surface area contributed by atoms with Gasteiger partial charge in [-0.1, -0.05) is 42.5 Å². The number of nitrogens with zero attached hydrogens (tertiary/aromatic N) is 2. The Morgan fingerprint density at radius 1 is 1.11 bits per heavy atom. The van der Waals surface area contributed by atoms with Crippen LogP contribution in [0.25, 0.3) is 0 Å². The number of amides is 2. The van der Waals surface area contributed by atoms with Crippen molar-refractivity contribution in [2.45, 2.75) is 25.4 Å².